The van der Waals surface area contributed by atoms with Crippen molar-refractivity contribution < 1.29 is 5.11 Å². The molecular formula is C14H23NO. The molecule has 0 fully saturated rings. The molecule has 0 bridgehead atoms. The minimum absolute atomic E-state index is 0.230. The molecule has 0 aromatic heterocycles. The molecule has 0 saturated carbocycles. The van der Waals surface area contributed by atoms with E-state index in [4.69, 9.17) is 0 Å². The van der Waals surface area contributed by atoms with Gasteiger partial charge in [-0.1, -0.05) is 19.1 Å². The Labute approximate surface area is 98.7 Å². The zero-order chi connectivity index (χ0) is 12.1. The molecule has 0 radical (unpaired) electrons. The van der Waals surface area contributed by atoms with Crippen LogP contribution >= 0.6 is 0 Å². The van der Waals surface area contributed by atoms with Gasteiger partial charge in [0.2, 0.25) is 0 Å². The first kappa shape index (κ1) is 13.2. The Kier molecular flexibility index (Phi) is 4.97. The van der Waals surface area contributed by atoms with Crippen molar-refractivity contribution in [1.29, 1.82) is 0 Å². The summed E-state index contributed by atoms with van der Waals surface area (Å²) in [6, 6.07) is 4.46. The maximum Gasteiger partial charge on any atom is 0.0662 e. The summed E-state index contributed by atoms with van der Waals surface area (Å²) in [6.45, 7) is 9.92. The van der Waals surface area contributed by atoms with E-state index in [-0.39, 0.29) is 6.10 Å². The summed E-state index contributed by atoms with van der Waals surface area (Å²) < 4.78 is 0. The molecule has 2 N–H and O–H groups in total. The van der Waals surface area contributed by atoms with Crippen LogP contribution in [0.25, 0.3) is 0 Å². The molecule has 0 aliphatic heterocycles. The lowest BCUT2D eigenvalue weighted by Gasteiger charge is -2.13. The van der Waals surface area contributed by atoms with Crippen molar-refractivity contribution in [3.63, 3.8) is 0 Å². The maximum atomic E-state index is 9.44. The molecule has 1 aromatic carbocycles. The van der Waals surface area contributed by atoms with E-state index in [1.165, 1.54) is 22.3 Å². The van der Waals surface area contributed by atoms with Crippen LogP contribution in [0.3, 0.4) is 0 Å². The largest absolute Gasteiger partial charge is 0.392 e. The molecule has 1 unspecified atom stereocenters. The predicted octanol–water partition coefficient (Wildman–Crippen LogP) is 2.47. The molecule has 1 aromatic rings. The highest BCUT2D eigenvalue weighted by molar-refractivity contribution is 5.36. The van der Waals surface area contributed by atoms with Crippen LogP contribution in [0.4, 0.5) is 0 Å². The molecule has 2 heteroatoms. The third-order valence-corrected chi connectivity index (χ3v) is 3.12. The van der Waals surface area contributed by atoms with Crippen molar-refractivity contribution in [2.24, 2.45) is 0 Å². The van der Waals surface area contributed by atoms with Crippen molar-refractivity contribution in [3.8, 4) is 0 Å². The number of aryl methyl sites for hydroxylation is 3. The number of rotatable bonds is 5. The number of aliphatic hydroxyl groups is 1. The van der Waals surface area contributed by atoms with Crippen molar-refractivity contribution in [1.82, 2.24) is 5.32 Å². The summed E-state index contributed by atoms with van der Waals surface area (Å²) in [5.41, 5.74) is 5.32. The fourth-order valence-corrected chi connectivity index (χ4v) is 1.73. The summed E-state index contributed by atoms with van der Waals surface area (Å²) in [5, 5.41) is 12.7. The van der Waals surface area contributed by atoms with Gasteiger partial charge in [-0.2, -0.15) is 0 Å². The fourth-order valence-electron chi connectivity index (χ4n) is 1.73. The van der Waals surface area contributed by atoms with Gasteiger partial charge in [-0.3, -0.25) is 0 Å². The topological polar surface area (TPSA) is 32.3 Å². The van der Waals surface area contributed by atoms with Crippen LogP contribution in [0.1, 0.15) is 35.6 Å². The van der Waals surface area contributed by atoms with E-state index in [1.807, 2.05) is 6.92 Å². The van der Waals surface area contributed by atoms with Gasteiger partial charge in [0.15, 0.2) is 0 Å². The van der Waals surface area contributed by atoms with E-state index in [9.17, 15) is 5.11 Å². The van der Waals surface area contributed by atoms with E-state index in [0.717, 1.165) is 13.0 Å². The van der Waals surface area contributed by atoms with E-state index >= 15 is 0 Å². The standard InChI is InChI=1S/C14H23NO/c1-5-14(16)9-15-8-13-7-11(3)10(2)6-12(13)4/h6-7,14-16H,5,8-9H2,1-4H3. The second kappa shape index (κ2) is 6.02. The van der Waals surface area contributed by atoms with Crippen LogP contribution in [-0.4, -0.2) is 17.8 Å². The smallest absolute Gasteiger partial charge is 0.0662 e. The zero-order valence-corrected chi connectivity index (χ0v) is 10.8. The summed E-state index contributed by atoms with van der Waals surface area (Å²) in [7, 11) is 0. The summed E-state index contributed by atoms with van der Waals surface area (Å²) in [6.07, 6.45) is 0.575. The Morgan fingerprint density at radius 3 is 2.38 bits per heavy atom. The van der Waals surface area contributed by atoms with Gasteiger partial charge >= 0.3 is 0 Å². The number of hydrogen-bond acceptors (Lipinski definition) is 2. The Bertz CT molecular complexity index is 347. The molecule has 90 valence electrons. The van der Waals surface area contributed by atoms with Gasteiger partial charge in [-0.15, -0.1) is 0 Å². The first-order chi connectivity index (χ1) is 7.54. The van der Waals surface area contributed by atoms with Gasteiger partial charge in [0, 0.05) is 13.1 Å². The Morgan fingerprint density at radius 2 is 1.75 bits per heavy atom. The summed E-state index contributed by atoms with van der Waals surface area (Å²) in [4.78, 5) is 0. The van der Waals surface area contributed by atoms with Crippen LogP contribution in [-0.2, 0) is 6.54 Å². The average molecular weight is 221 g/mol. The SMILES string of the molecule is CCC(O)CNCc1cc(C)c(C)cc1C. The molecular weight excluding hydrogens is 198 g/mol. The zero-order valence-electron chi connectivity index (χ0n) is 10.8. The van der Waals surface area contributed by atoms with Gasteiger partial charge < -0.3 is 10.4 Å². The Morgan fingerprint density at radius 1 is 1.12 bits per heavy atom. The molecule has 1 atom stereocenters. The predicted molar refractivity (Wildman–Crippen MR) is 68.7 cm³/mol. The molecule has 0 saturated heterocycles. The van der Waals surface area contributed by atoms with Crippen LogP contribution in [0.15, 0.2) is 12.1 Å². The lowest BCUT2D eigenvalue weighted by Crippen LogP contribution is -2.26. The highest BCUT2D eigenvalue weighted by Crippen LogP contribution is 2.14. The van der Waals surface area contributed by atoms with Crippen molar-refractivity contribution in [3.05, 3.63) is 34.4 Å². The van der Waals surface area contributed by atoms with Gasteiger partial charge in [0.25, 0.3) is 0 Å². The molecule has 2 nitrogen and oxygen atoms in total. The third-order valence-electron chi connectivity index (χ3n) is 3.12. The maximum absolute atomic E-state index is 9.44. The van der Waals surface area contributed by atoms with Gasteiger partial charge in [0.1, 0.15) is 0 Å². The monoisotopic (exact) mass is 221 g/mol. The average Bonchev–Trinajstić information content (AvgIpc) is 2.25. The van der Waals surface area contributed by atoms with Crippen LogP contribution in [0, 0.1) is 20.8 Å². The van der Waals surface area contributed by atoms with Crippen molar-refractivity contribution >= 4 is 0 Å². The van der Waals surface area contributed by atoms with E-state index < -0.39 is 0 Å². The molecule has 0 heterocycles. The van der Waals surface area contributed by atoms with Gasteiger partial charge in [-0.25, -0.2) is 0 Å². The van der Waals surface area contributed by atoms with Crippen LogP contribution in [0.5, 0.6) is 0 Å². The van der Waals surface area contributed by atoms with Crippen LogP contribution in [0.2, 0.25) is 0 Å². The molecule has 16 heavy (non-hydrogen) atoms. The molecule has 0 aliphatic carbocycles. The van der Waals surface area contributed by atoms with Gasteiger partial charge in [0.05, 0.1) is 6.10 Å². The minimum Gasteiger partial charge on any atom is -0.392 e. The lowest BCUT2D eigenvalue weighted by atomic mass is 10.0. The first-order valence-corrected chi connectivity index (χ1v) is 6.00. The van der Waals surface area contributed by atoms with Crippen molar-refractivity contribution in [2.45, 2.75) is 46.8 Å². The third kappa shape index (κ3) is 3.62. The number of hydrogen-bond donors (Lipinski definition) is 2. The fraction of sp³-hybridized carbons (Fsp3) is 0.571. The molecule has 1 rings (SSSR count). The van der Waals surface area contributed by atoms with E-state index in [1.54, 1.807) is 0 Å². The molecule has 0 aliphatic rings. The van der Waals surface area contributed by atoms with Crippen LogP contribution < -0.4 is 5.32 Å². The number of nitrogens with one attached hydrogen (secondary N) is 1. The summed E-state index contributed by atoms with van der Waals surface area (Å²) in [5.74, 6) is 0. The summed E-state index contributed by atoms with van der Waals surface area (Å²) >= 11 is 0. The highest BCUT2D eigenvalue weighted by Gasteiger charge is 2.03. The lowest BCUT2D eigenvalue weighted by molar-refractivity contribution is 0.167. The highest BCUT2D eigenvalue weighted by atomic mass is 16.3. The molecule has 0 amide bonds. The first-order valence-electron chi connectivity index (χ1n) is 6.00. The van der Waals surface area contributed by atoms with E-state index in [0.29, 0.717) is 6.54 Å². The van der Waals surface area contributed by atoms with E-state index in [2.05, 4.69) is 38.2 Å². The minimum atomic E-state index is -0.230. The normalized spacial score (nSPS) is 12.8. The number of benzene rings is 1. The second-order valence-electron chi connectivity index (χ2n) is 4.56. The Balaban J connectivity index is 2.57. The molecule has 0 spiro atoms. The van der Waals surface area contributed by atoms with Gasteiger partial charge in [-0.05, 0) is 49.4 Å². The Hall–Kier alpha value is -0.860. The quantitative estimate of drug-likeness (QED) is 0.800. The van der Waals surface area contributed by atoms with Crippen molar-refractivity contribution in [2.75, 3.05) is 6.54 Å². The number of aliphatic hydroxyl groups excluding tert-OH is 1. The second-order valence-corrected chi connectivity index (χ2v) is 4.56.